The topological polar surface area (TPSA) is 72.7 Å². The fourth-order valence-electron chi connectivity index (χ4n) is 4.15. The summed E-state index contributed by atoms with van der Waals surface area (Å²) >= 11 is 4.33. The fraction of sp³-hybridized carbons (Fsp3) is 0.423. The SMILES string of the molecule is CCN(CS)CCCOc1ccc([C@H]2CN(c3nc(-c4ccncc4F)cc(=O)n3C)CCO2)cc1. The lowest BCUT2D eigenvalue weighted by Gasteiger charge is -2.34. The van der Waals surface area contributed by atoms with Crippen molar-refractivity contribution in [3.8, 4) is 17.0 Å². The molecule has 2 aromatic heterocycles. The molecule has 0 bridgehead atoms. The number of benzene rings is 1. The number of anilines is 1. The van der Waals surface area contributed by atoms with Crippen molar-refractivity contribution in [3.63, 3.8) is 0 Å². The highest BCUT2D eigenvalue weighted by Crippen LogP contribution is 2.28. The summed E-state index contributed by atoms with van der Waals surface area (Å²) < 4.78 is 27.7. The number of thiol groups is 1. The second-order valence-corrected chi connectivity index (χ2v) is 8.91. The molecule has 1 aliphatic rings. The van der Waals surface area contributed by atoms with E-state index in [2.05, 4.69) is 34.4 Å². The maximum Gasteiger partial charge on any atom is 0.255 e. The molecule has 0 N–H and O–H groups in total. The molecule has 36 heavy (non-hydrogen) atoms. The van der Waals surface area contributed by atoms with E-state index in [0.717, 1.165) is 42.9 Å². The van der Waals surface area contributed by atoms with Gasteiger partial charge in [0.15, 0.2) is 5.82 Å². The third kappa shape index (κ3) is 6.24. The van der Waals surface area contributed by atoms with Gasteiger partial charge in [-0.1, -0.05) is 19.1 Å². The molecule has 192 valence electrons. The van der Waals surface area contributed by atoms with Crippen LogP contribution in [0.1, 0.15) is 25.0 Å². The third-order valence-corrected chi connectivity index (χ3v) is 6.70. The molecule has 0 saturated carbocycles. The zero-order valence-electron chi connectivity index (χ0n) is 20.6. The predicted molar refractivity (Wildman–Crippen MR) is 141 cm³/mol. The largest absolute Gasteiger partial charge is 0.494 e. The molecule has 1 aliphatic heterocycles. The Kier molecular flexibility index (Phi) is 8.95. The molecule has 1 saturated heterocycles. The van der Waals surface area contributed by atoms with Gasteiger partial charge in [0.25, 0.3) is 5.56 Å². The number of aromatic nitrogens is 3. The summed E-state index contributed by atoms with van der Waals surface area (Å²) in [5, 5.41) is 0. The summed E-state index contributed by atoms with van der Waals surface area (Å²) in [7, 11) is 1.67. The minimum atomic E-state index is -0.518. The minimum absolute atomic E-state index is 0.195. The van der Waals surface area contributed by atoms with Gasteiger partial charge in [-0.2, -0.15) is 12.6 Å². The van der Waals surface area contributed by atoms with Gasteiger partial charge < -0.3 is 14.4 Å². The summed E-state index contributed by atoms with van der Waals surface area (Å²) in [5.74, 6) is 1.52. The summed E-state index contributed by atoms with van der Waals surface area (Å²) in [4.78, 5) is 25.3. The lowest BCUT2D eigenvalue weighted by Crippen LogP contribution is -2.41. The number of hydrogen-bond donors (Lipinski definition) is 1. The van der Waals surface area contributed by atoms with Crippen LogP contribution in [0.15, 0.2) is 53.6 Å². The van der Waals surface area contributed by atoms with E-state index in [1.807, 2.05) is 29.2 Å². The normalized spacial score (nSPS) is 15.9. The third-order valence-electron chi connectivity index (χ3n) is 6.30. The van der Waals surface area contributed by atoms with Gasteiger partial charge in [-0.25, -0.2) is 9.37 Å². The van der Waals surface area contributed by atoms with Crippen molar-refractivity contribution in [2.75, 3.05) is 50.2 Å². The molecule has 1 atom stereocenters. The van der Waals surface area contributed by atoms with E-state index in [9.17, 15) is 9.18 Å². The molecule has 0 unspecified atom stereocenters. The molecule has 3 heterocycles. The zero-order chi connectivity index (χ0) is 25.5. The Bertz CT molecular complexity index is 1200. The Morgan fingerprint density at radius 3 is 2.81 bits per heavy atom. The number of nitrogens with zero attached hydrogens (tertiary/aromatic N) is 5. The van der Waals surface area contributed by atoms with Crippen molar-refractivity contribution in [3.05, 3.63) is 70.5 Å². The summed E-state index contributed by atoms with van der Waals surface area (Å²) in [5.41, 5.74) is 1.29. The Morgan fingerprint density at radius 1 is 1.28 bits per heavy atom. The molecule has 1 fully saturated rings. The van der Waals surface area contributed by atoms with Crippen LogP contribution >= 0.6 is 12.6 Å². The van der Waals surface area contributed by atoms with Gasteiger partial charge in [0.1, 0.15) is 11.9 Å². The van der Waals surface area contributed by atoms with E-state index < -0.39 is 5.82 Å². The molecule has 0 amide bonds. The van der Waals surface area contributed by atoms with Gasteiger partial charge in [0.05, 0.1) is 31.6 Å². The van der Waals surface area contributed by atoms with E-state index in [1.54, 1.807) is 7.05 Å². The van der Waals surface area contributed by atoms with Crippen LogP contribution in [0.3, 0.4) is 0 Å². The first-order valence-corrected chi connectivity index (χ1v) is 12.7. The molecule has 3 aromatic rings. The number of rotatable bonds is 10. The van der Waals surface area contributed by atoms with Crippen LogP contribution in [0, 0.1) is 5.82 Å². The van der Waals surface area contributed by atoms with Crippen LogP contribution in [-0.4, -0.2) is 64.7 Å². The average Bonchev–Trinajstić information content (AvgIpc) is 2.91. The maximum absolute atomic E-state index is 14.3. The van der Waals surface area contributed by atoms with Crippen molar-refractivity contribution < 1.29 is 13.9 Å². The molecule has 0 radical (unpaired) electrons. The lowest BCUT2D eigenvalue weighted by molar-refractivity contribution is 0.0389. The lowest BCUT2D eigenvalue weighted by atomic mass is 10.1. The van der Waals surface area contributed by atoms with Crippen molar-refractivity contribution >= 4 is 18.6 Å². The van der Waals surface area contributed by atoms with Crippen LogP contribution in [0.25, 0.3) is 11.3 Å². The molecule has 1 aromatic carbocycles. The molecule has 8 nitrogen and oxygen atoms in total. The highest BCUT2D eigenvalue weighted by atomic mass is 32.1. The number of morpholine rings is 1. The van der Waals surface area contributed by atoms with Crippen molar-refractivity contribution in [2.45, 2.75) is 19.4 Å². The van der Waals surface area contributed by atoms with E-state index in [-0.39, 0.29) is 22.9 Å². The number of hydrogen-bond acceptors (Lipinski definition) is 8. The van der Waals surface area contributed by atoms with Gasteiger partial charge in [-0.3, -0.25) is 19.2 Å². The smallest absolute Gasteiger partial charge is 0.255 e. The number of pyridine rings is 1. The quantitative estimate of drug-likeness (QED) is 0.253. The Balaban J connectivity index is 1.43. The average molecular weight is 514 g/mol. The van der Waals surface area contributed by atoms with E-state index in [1.165, 1.54) is 22.9 Å². The monoisotopic (exact) mass is 513 g/mol. The van der Waals surface area contributed by atoms with Crippen molar-refractivity contribution in [1.82, 2.24) is 19.4 Å². The minimum Gasteiger partial charge on any atom is -0.494 e. The second-order valence-electron chi connectivity index (χ2n) is 8.62. The number of halogens is 1. The maximum atomic E-state index is 14.3. The molecule has 0 aliphatic carbocycles. The van der Waals surface area contributed by atoms with Gasteiger partial charge in [0, 0.05) is 43.8 Å². The van der Waals surface area contributed by atoms with Crippen molar-refractivity contribution in [2.24, 2.45) is 7.05 Å². The summed E-state index contributed by atoms with van der Waals surface area (Å²) in [6.07, 6.45) is 3.34. The van der Waals surface area contributed by atoms with Gasteiger partial charge in [0.2, 0.25) is 5.95 Å². The standard InChI is InChI=1S/C26H32FN5O3S/c1-3-31(18-36)11-4-13-34-20-7-5-19(6-8-20)24-17-32(12-14-35-24)26-29-23(15-25(33)30(26)2)21-9-10-28-16-22(21)27/h5-10,15-16,24,36H,3-4,11-14,17-18H2,1-2H3/t24-/m1/s1. The molecule has 0 spiro atoms. The van der Waals surface area contributed by atoms with Crippen LogP contribution in [0.5, 0.6) is 5.75 Å². The van der Waals surface area contributed by atoms with Crippen molar-refractivity contribution in [1.29, 1.82) is 0 Å². The van der Waals surface area contributed by atoms with Crippen LogP contribution in [0.4, 0.5) is 10.3 Å². The van der Waals surface area contributed by atoms with Crippen LogP contribution < -0.4 is 15.2 Å². The van der Waals surface area contributed by atoms with E-state index in [4.69, 9.17) is 9.47 Å². The predicted octanol–water partition coefficient (Wildman–Crippen LogP) is 3.54. The Morgan fingerprint density at radius 2 is 2.08 bits per heavy atom. The van der Waals surface area contributed by atoms with Crippen LogP contribution in [0.2, 0.25) is 0 Å². The fourth-order valence-corrected chi connectivity index (χ4v) is 4.49. The van der Waals surface area contributed by atoms with Gasteiger partial charge in [-0.05, 0) is 36.7 Å². The molecular formula is C26H32FN5O3S. The van der Waals surface area contributed by atoms with E-state index >= 15 is 0 Å². The number of ether oxygens (including phenoxy) is 2. The summed E-state index contributed by atoms with van der Waals surface area (Å²) in [6, 6.07) is 10.8. The first-order valence-electron chi connectivity index (χ1n) is 12.1. The first kappa shape index (κ1) is 26.1. The van der Waals surface area contributed by atoms with E-state index in [0.29, 0.717) is 32.3 Å². The second kappa shape index (κ2) is 12.3. The Hall–Kier alpha value is -2.95. The molecular weight excluding hydrogens is 481 g/mol. The highest BCUT2D eigenvalue weighted by molar-refractivity contribution is 7.80. The van der Waals surface area contributed by atoms with Gasteiger partial charge in [-0.15, -0.1) is 0 Å². The van der Waals surface area contributed by atoms with Gasteiger partial charge >= 0.3 is 0 Å². The highest BCUT2D eigenvalue weighted by Gasteiger charge is 2.25. The zero-order valence-corrected chi connectivity index (χ0v) is 21.5. The molecule has 4 rings (SSSR count). The Labute approximate surface area is 216 Å². The van der Waals surface area contributed by atoms with Crippen LogP contribution in [-0.2, 0) is 11.8 Å². The molecule has 10 heteroatoms. The first-order chi connectivity index (χ1) is 17.5. The summed E-state index contributed by atoms with van der Waals surface area (Å²) in [6.45, 7) is 6.26.